The second-order valence-corrected chi connectivity index (χ2v) is 5.77. The Balaban J connectivity index is 1.58. The molecule has 2 fully saturated rings. The van der Waals surface area contributed by atoms with E-state index in [0.717, 1.165) is 11.5 Å². The zero-order valence-electron chi connectivity index (χ0n) is 11.4. The third-order valence-corrected chi connectivity index (χ3v) is 4.13. The highest BCUT2D eigenvalue weighted by Gasteiger charge is 2.23. The molecule has 0 spiro atoms. The van der Waals surface area contributed by atoms with E-state index in [-0.39, 0.29) is 5.91 Å². The Hall–Kier alpha value is -1.58. The first-order chi connectivity index (χ1) is 9.22. The summed E-state index contributed by atoms with van der Waals surface area (Å²) in [6, 6.07) is 4.54. The molecule has 2 aliphatic carbocycles. The number of hydrogen-bond donors (Lipinski definition) is 1. The Morgan fingerprint density at radius 1 is 1.37 bits per heavy atom. The molecule has 1 N–H and O–H groups in total. The van der Waals surface area contributed by atoms with Crippen LogP contribution in [0.4, 0.5) is 11.5 Å². The average molecular weight is 259 g/mol. The number of carbonyl (C=O) groups is 1. The van der Waals surface area contributed by atoms with Gasteiger partial charge in [-0.25, -0.2) is 4.98 Å². The summed E-state index contributed by atoms with van der Waals surface area (Å²) in [4.78, 5) is 18.2. The quantitative estimate of drug-likeness (QED) is 0.884. The molecule has 4 nitrogen and oxygen atoms in total. The molecule has 0 saturated heterocycles. The number of rotatable bonds is 5. The van der Waals surface area contributed by atoms with Gasteiger partial charge in [-0.05, 0) is 43.7 Å². The third kappa shape index (κ3) is 3.06. The normalized spacial score (nSPS) is 18.8. The van der Waals surface area contributed by atoms with Crippen molar-refractivity contribution >= 4 is 17.4 Å². The van der Waals surface area contributed by atoms with Gasteiger partial charge in [-0.1, -0.05) is 6.42 Å². The molecule has 1 aromatic heterocycles. The summed E-state index contributed by atoms with van der Waals surface area (Å²) in [5.41, 5.74) is 0.880. The van der Waals surface area contributed by atoms with Crippen molar-refractivity contribution in [2.75, 3.05) is 17.3 Å². The molecule has 2 aliphatic rings. The van der Waals surface area contributed by atoms with E-state index in [1.807, 2.05) is 19.2 Å². The lowest BCUT2D eigenvalue weighted by Gasteiger charge is -2.27. The smallest absolute Gasteiger partial charge is 0.227 e. The van der Waals surface area contributed by atoms with Gasteiger partial charge in [0.05, 0.1) is 11.9 Å². The number of anilines is 2. The Labute approximate surface area is 114 Å². The van der Waals surface area contributed by atoms with Crippen LogP contribution in [0.25, 0.3) is 0 Å². The lowest BCUT2D eigenvalue weighted by molar-refractivity contribution is -0.119. The Bertz CT molecular complexity index is 449. The summed E-state index contributed by atoms with van der Waals surface area (Å²) in [7, 11) is 1.84. The highest BCUT2D eigenvalue weighted by molar-refractivity contribution is 5.92. The minimum Gasteiger partial charge on any atom is -0.367 e. The number of pyridine rings is 1. The molecular formula is C15H21N3O. The monoisotopic (exact) mass is 259 g/mol. The molecule has 1 aromatic rings. The van der Waals surface area contributed by atoms with E-state index in [0.29, 0.717) is 18.4 Å². The van der Waals surface area contributed by atoms with Crippen molar-refractivity contribution in [3.8, 4) is 0 Å². The van der Waals surface area contributed by atoms with Crippen LogP contribution in [0.5, 0.6) is 0 Å². The fraction of sp³-hybridized carbons (Fsp3) is 0.600. The first kappa shape index (κ1) is 12.5. The van der Waals surface area contributed by atoms with Crippen LogP contribution in [0.3, 0.4) is 0 Å². The number of aromatic nitrogens is 1. The topological polar surface area (TPSA) is 45.2 Å². The molecule has 0 unspecified atom stereocenters. The highest BCUT2D eigenvalue weighted by atomic mass is 16.2. The van der Waals surface area contributed by atoms with E-state index in [2.05, 4.69) is 10.3 Å². The van der Waals surface area contributed by atoms with Crippen molar-refractivity contribution < 1.29 is 4.79 Å². The van der Waals surface area contributed by atoms with E-state index < -0.39 is 0 Å². The predicted octanol–water partition coefficient (Wildman–Crippen LogP) is 2.81. The molecule has 0 bridgehead atoms. The summed E-state index contributed by atoms with van der Waals surface area (Å²) < 4.78 is 0. The molecule has 1 amide bonds. The summed E-state index contributed by atoms with van der Waals surface area (Å²) in [5, 5.41) is 3.35. The minimum atomic E-state index is 0.203. The van der Waals surface area contributed by atoms with Crippen molar-refractivity contribution in [2.24, 2.45) is 5.92 Å². The molecule has 4 heteroatoms. The standard InChI is InChI=1S/C15H21N3O/c1-18(15(19)9-11-3-2-4-11)13-7-8-14(16-10-13)17-12-5-6-12/h7-8,10-12H,2-6,9H2,1H3,(H,16,17). The van der Waals surface area contributed by atoms with Crippen molar-refractivity contribution in [2.45, 2.75) is 44.6 Å². The van der Waals surface area contributed by atoms with Crippen LogP contribution in [-0.2, 0) is 4.79 Å². The Kier molecular flexibility index (Phi) is 3.40. The molecule has 19 heavy (non-hydrogen) atoms. The molecule has 3 rings (SSSR count). The second kappa shape index (κ2) is 5.19. The van der Waals surface area contributed by atoms with Gasteiger partial charge < -0.3 is 10.2 Å². The predicted molar refractivity (Wildman–Crippen MR) is 76.2 cm³/mol. The van der Waals surface area contributed by atoms with Crippen LogP contribution in [0.2, 0.25) is 0 Å². The second-order valence-electron chi connectivity index (χ2n) is 5.77. The van der Waals surface area contributed by atoms with Gasteiger partial charge in [-0.15, -0.1) is 0 Å². The molecule has 0 radical (unpaired) electrons. The molecule has 1 heterocycles. The zero-order chi connectivity index (χ0) is 13.2. The molecule has 0 aromatic carbocycles. The van der Waals surface area contributed by atoms with Gasteiger partial charge in [-0.2, -0.15) is 0 Å². The fourth-order valence-electron chi connectivity index (χ4n) is 2.33. The average Bonchev–Trinajstić information content (AvgIpc) is 3.17. The van der Waals surface area contributed by atoms with Gasteiger partial charge in [-0.3, -0.25) is 4.79 Å². The van der Waals surface area contributed by atoms with Crippen LogP contribution >= 0.6 is 0 Å². The summed E-state index contributed by atoms with van der Waals surface area (Å²) in [6.45, 7) is 0. The number of hydrogen-bond acceptors (Lipinski definition) is 3. The van der Waals surface area contributed by atoms with Crippen molar-refractivity contribution in [3.63, 3.8) is 0 Å². The number of carbonyl (C=O) groups excluding carboxylic acids is 1. The Morgan fingerprint density at radius 3 is 2.68 bits per heavy atom. The largest absolute Gasteiger partial charge is 0.367 e. The Morgan fingerprint density at radius 2 is 2.16 bits per heavy atom. The maximum Gasteiger partial charge on any atom is 0.227 e. The molecule has 0 atom stereocenters. The summed E-state index contributed by atoms with van der Waals surface area (Å²) >= 11 is 0. The van der Waals surface area contributed by atoms with Gasteiger partial charge in [0.25, 0.3) is 0 Å². The molecular weight excluding hydrogens is 238 g/mol. The van der Waals surface area contributed by atoms with Crippen LogP contribution in [0.15, 0.2) is 18.3 Å². The minimum absolute atomic E-state index is 0.203. The molecule has 0 aliphatic heterocycles. The third-order valence-electron chi connectivity index (χ3n) is 4.13. The summed E-state index contributed by atoms with van der Waals surface area (Å²) in [6.07, 6.45) is 8.64. The highest BCUT2D eigenvalue weighted by Crippen LogP contribution is 2.30. The number of nitrogens with zero attached hydrogens (tertiary/aromatic N) is 2. The van der Waals surface area contributed by atoms with E-state index >= 15 is 0 Å². The van der Waals surface area contributed by atoms with Gasteiger partial charge >= 0.3 is 0 Å². The van der Waals surface area contributed by atoms with E-state index in [4.69, 9.17) is 0 Å². The van der Waals surface area contributed by atoms with Crippen LogP contribution in [-0.4, -0.2) is 24.0 Å². The van der Waals surface area contributed by atoms with E-state index in [1.165, 1.54) is 32.1 Å². The number of nitrogens with one attached hydrogen (secondary N) is 1. The maximum absolute atomic E-state index is 12.1. The van der Waals surface area contributed by atoms with Crippen LogP contribution in [0.1, 0.15) is 38.5 Å². The van der Waals surface area contributed by atoms with E-state index in [9.17, 15) is 4.79 Å². The summed E-state index contributed by atoms with van der Waals surface area (Å²) in [5.74, 6) is 1.72. The van der Waals surface area contributed by atoms with Crippen molar-refractivity contribution in [3.05, 3.63) is 18.3 Å². The van der Waals surface area contributed by atoms with Gasteiger partial charge in [0.1, 0.15) is 5.82 Å². The lowest BCUT2D eigenvalue weighted by Crippen LogP contribution is -2.30. The SMILES string of the molecule is CN(C(=O)CC1CCC1)c1ccc(NC2CC2)nc1. The van der Waals surface area contributed by atoms with Gasteiger partial charge in [0.2, 0.25) is 5.91 Å². The van der Waals surface area contributed by atoms with Gasteiger partial charge in [0.15, 0.2) is 0 Å². The maximum atomic E-state index is 12.1. The van der Waals surface area contributed by atoms with Crippen LogP contribution < -0.4 is 10.2 Å². The van der Waals surface area contributed by atoms with E-state index in [1.54, 1.807) is 11.1 Å². The van der Waals surface area contributed by atoms with Crippen molar-refractivity contribution in [1.29, 1.82) is 0 Å². The van der Waals surface area contributed by atoms with Crippen LogP contribution in [0, 0.1) is 5.92 Å². The van der Waals surface area contributed by atoms with Crippen molar-refractivity contribution in [1.82, 2.24) is 4.98 Å². The first-order valence-corrected chi connectivity index (χ1v) is 7.21. The fourth-order valence-corrected chi connectivity index (χ4v) is 2.33. The zero-order valence-corrected chi connectivity index (χ0v) is 11.4. The number of amides is 1. The van der Waals surface area contributed by atoms with Gasteiger partial charge in [0, 0.05) is 19.5 Å². The first-order valence-electron chi connectivity index (χ1n) is 7.21. The molecule has 2 saturated carbocycles. The lowest BCUT2D eigenvalue weighted by atomic mass is 9.83. The molecule has 102 valence electrons.